The molecule has 0 saturated carbocycles. The third kappa shape index (κ3) is 2.47. The Balaban J connectivity index is 1.56. The fourth-order valence-corrected chi connectivity index (χ4v) is 3.67. The van der Waals surface area contributed by atoms with Crippen LogP contribution >= 0.6 is 0 Å². The highest BCUT2D eigenvalue weighted by molar-refractivity contribution is 5.78. The number of carbonyl (C=O) groups is 1. The van der Waals surface area contributed by atoms with Crippen molar-refractivity contribution in [3.05, 3.63) is 0 Å². The lowest BCUT2D eigenvalue weighted by Crippen LogP contribution is -2.48. The van der Waals surface area contributed by atoms with Gasteiger partial charge in [-0.2, -0.15) is 0 Å². The second kappa shape index (κ2) is 4.94. The van der Waals surface area contributed by atoms with E-state index in [-0.39, 0.29) is 5.91 Å². The molecule has 0 bridgehead atoms. The van der Waals surface area contributed by atoms with E-state index in [4.69, 9.17) is 0 Å². The second-order valence-corrected chi connectivity index (χ2v) is 5.71. The summed E-state index contributed by atoms with van der Waals surface area (Å²) in [6.07, 6.45) is 7.07. The highest BCUT2D eigenvalue weighted by Crippen LogP contribution is 2.25. The number of likely N-dealkylation sites (tertiary alicyclic amines) is 1. The van der Waals surface area contributed by atoms with E-state index in [0.29, 0.717) is 12.1 Å². The van der Waals surface area contributed by atoms with Gasteiger partial charge in [-0.05, 0) is 45.2 Å². The molecule has 0 aliphatic carbocycles. The maximum Gasteiger partial charge on any atom is 0.220 e. The van der Waals surface area contributed by atoms with Gasteiger partial charge in [0.1, 0.15) is 0 Å². The third-order valence-corrected chi connectivity index (χ3v) is 4.52. The molecule has 3 aliphatic rings. The van der Waals surface area contributed by atoms with E-state index in [1.165, 1.54) is 38.8 Å². The molecule has 3 unspecified atom stereocenters. The van der Waals surface area contributed by atoms with E-state index in [0.717, 1.165) is 25.4 Å². The van der Waals surface area contributed by atoms with E-state index in [9.17, 15) is 4.79 Å². The highest BCUT2D eigenvalue weighted by atomic mass is 16.1. The number of rotatable bonds is 3. The van der Waals surface area contributed by atoms with Crippen LogP contribution < -0.4 is 10.6 Å². The Labute approximate surface area is 103 Å². The molecule has 1 amide bonds. The Hall–Kier alpha value is -0.610. The fraction of sp³-hybridized carbons (Fsp3) is 0.923. The van der Waals surface area contributed by atoms with Gasteiger partial charge >= 0.3 is 0 Å². The predicted molar refractivity (Wildman–Crippen MR) is 66.8 cm³/mol. The van der Waals surface area contributed by atoms with Crippen molar-refractivity contribution in [1.82, 2.24) is 15.5 Å². The lowest BCUT2D eigenvalue weighted by molar-refractivity contribution is -0.119. The van der Waals surface area contributed by atoms with Crippen molar-refractivity contribution in [1.29, 1.82) is 0 Å². The molecule has 3 saturated heterocycles. The standard InChI is InChI=1S/C13H23N3O/c17-13-6-5-10(15-13)9-16-8-2-4-12(16)11-3-1-7-14-11/h10-12,14H,1-9H2,(H,15,17). The van der Waals surface area contributed by atoms with E-state index < -0.39 is 0 Å². The number of hydrogen-bond acceptors (Lipinski definition) is 3. The molecule has 17 heavy (non-hydrogen) atoms. The average Bonchev–Trinajstić information content (AvgIpc) is 3.00. The summed E-state index contributed by atoms with van der Waals surface area (Å²) in [5.74, 6) is 0.240. The molecule has 0 aromatic carbocycles. The van der Waals surface area contributed by atoms with Gasteiger partial charge < -0.3 is 10.6 Å². The van der Waals surface area contributed by atoms with E-state index >= 15 is 0 Å². The predicted octanol–water partition coefficient (Wildman–Crippen LogP) is 0.481. The minimum absolute atomic E-state index is 0.240. The van der Waals surface area contributed by atoms with Gasteiger partial charge in [0.2, 0.25) is 5.91 Å². The first-order chi connectivity index (χ1) is 8.33. The summed E-state index contributed by atoms with van der Waals surface area (Å²) in [5, 5.41) is 6.72. The molecule has 0 aromatic rings. The molecule has 0 radical (unpaired) electrons. The van der Waals surface area contributed by atoms with Gasteiger partial charge in [-0.25, -0.2) is 0 Å². The Bertz CT molecular complexity index is 288. The van der Waals surface area contributed by atoms with Gasteiger partial charge in [-0.3, -0.25) is 9.69 Å². The van der Waals surface area contributed by atoms with Crippen LogP contribution in [0.25, 0.3) is 0 Å². The van der Waals surface area contributed by atoms with Crippen LogP contribution in [0.15, 0.2) is 0 Å². The molecule has 0 aromatic heterocycles. The number of amides is 1. The molecule has 4 heteroatoms. The molecular weight excluding hydrogens is 214 g/mol. The van der Waals surface area contributed by atoms with Crippen LogP contribution in [0.4, 0.5) is 0 Å². The van der Waals surface area contributed by atoms with Crippen molar-refractivity contribution in [3.63, 3.8) is 0 Å². The molecule has 2 N–H and O–H groups in total. The summed E-state index contributed by atoms with van der Waals surface area (Å²) in [5.41, 5.74) is 0. The Morgan fingerprint density at radius 1 is 1.24 bits per heavy atom. The summed E-state index contributed by atoms with van der Waals surface area (Å²) in [6.45, 7) is 3.47. The first-order valence-corrected chi connectivity index (χ1v) is 7.10. The van der Waals surface area contributed by atoms with E-state index in [1.54, 1.807) is 0 Å². The van der Waals surface area contributed by atoms with Gasteiger partial charge in [0.25, 0.3) is 0 Å². The number of nitrogens with one attached hydrogen (secondary N) is 2. The van der Waals surface area contributed by atoms with Crippen LogP contribution in [0, 0.1) is 0 Å². The van der Waals surface area contributed by atoms with Crippen molar-refractivity contribution >= 4 is 5.91 Å². The topological polar surface area (TPSA) is 44.4 Å². The van der Waals surface area contributed by atoms with Gasteiger partial charge in [-0.15, -0.1) is 0 Å². The summed E-state index contributed by atoms with van der Waals surface area (Å²) in [7, 11) is 0. The van der Waals surface area contributed by atoms with Crippen LogP contribution in [0.3, 0.4) is 0 Å². The van der Waals surface area contributed by atoms with E-state index in [2.05, 4.69) is 15.5 Å². The van der Waals surface area contributed by atoms with Crippen molar-refractivity contribution in [2.45, 2.75) is 56.7 Å². The smallest absolute Gasteiger partial charge is 0.220 e. The zero-order valence-corrected chi connectivity index (χ0v) is 10.5. The number of hydrogen-bond donors (Lipinski definition) is 2. The molecule has 0 spiro atoms. The fourth-order valence-electron chi connectivity index (χ4n) is 3.67. The SMILES string of the molecule is O=C1CCC(CN2CCCC2C2CCCN2)N1. The van der Waals surface area contributed by atoms with Crippen molar-refractivity contribution in [2.24, 2.45) is 0 Å². The van der Waals surface area contributed by atoms with Crippen molar-refractivity contribution in [3.8, 4) is 0 Å². The maximum absolute atomic E-state index is 11.2. The van der Waals surface area contributed by atoms with Crippen LogP contribution in [0.1, 0.15) is 38.5 Å². The molecule has 3 rings (SSSR count). The maximum atomic E-state index is 11.2. The van der Waals surface area contributed by atoms with Crippen LogP contribution in [0.5, 0.6) is 0 Å². The van der Waals surface area contributed by atoms with Gasteiger partial charge in [-0.1, -0.05) is 0 Å². The van der Waals surface area contributed by atoms with Gasteiger partial charge in [0, 0.05) is 31.1 Å². The molecule has 3 heterocycles. The Morgan fingerprint density at radius 3 is 2.88 bits per heavy atom. The monoisotopic (exact) mass is 237 g/mol. The van der Waals surface area contributed by atoms with Gasteiger partial charge in [0.05, 0.1) is 0 Å². The quantitative estimate of drug-likeness (QED) is 0.750. The lowest BCUT2D eigenvalue weighted by atomic mass is 10.0. The van der Waals surface area contributed by atoms with Crippen molar-refractivity contribution in [2.75, 3.05) is 19.6 Å². The largest absolute Gasteiger partial charge is 0.352 e. The Kier molecular flexibility index (Phi) is 3.34. The van der Waals surface area contributed by atoms with E-state index in [1.807, 2.05) is 0 Å². The number of carbonyl (C=O) groups excluding carboxylic acids is 1. The second-order valence-electron chi connectivity index (χ2n) is 5.71. The summed E-state index contributed by atoms with van der Waals surface area (Å²) in [4.78, 5) is 13.8. The number of nitrogens with zero attached hydrogens (tertiary/aromatic N) is 1. The molecule has 3 fully saturated rings. The van der Waals surface area contributed by atoms with Crippen LogP contribution in [0.2, 0.25) is 0 Å². The molecular formula is C13H23N3O. The normalized spacial score (nSPS) is 38.8. The Morgan fingerprint density at radius 2 is 2.18 bits per heavy atom. The minimum Gasteiger partial charge on any atom is -0.352 e. The third-order valence-electron chi connectivity index (χ3n) is 4.52. The molecule has 3 atom stereocenters. The zero-order valence-electron chi connectivity index (χ0n) is 10.5. The first-order valence-electron chi connectivity index (χ1n) is 7.10. The average molecular weight is 237 g/mol. The van der Waals surface area contributed by atoms with Crippen molar-refractivity contribution < 1.29 is 4.79 Å². The first kappa shape index (κ1) is 11.5. The summed E-state index contributed by atoms with van der Waals surface area (Å²) < 4.78 is 0. The molecule has 4 nitrogen and oxygen atoms in total. The summed E-state index contributed by atoms with van der Waals surface area (Å²) in [6, 6.07) is 1.83. The zero-order chi connectivity index (χ0) is 11.7. The minimum atomic E-state index is 0.240. The molecule has 3 aliphatic heterocycles. The highest BCUT2D eigenvalue weighted by Gasteiger charge is 2.35. The van der Waals surface area contributed by atoms with Crippen LogP contribution in [-0.4, -0.2) is 48.6 Å². The van der Waals surface area contributed by atoms with Crippen LogP contribution in [-0.2, 0) is 4.79 Å². The van der Waals surface area contributed by atoms with Gasteiger partial charge in [0.15, 0.2) is 0 Å². The lowest BCUT2D eigenvalue weighted by Gasteiger charge is -2.31. The summed E-state index contributed by atoms with van der Waals surface area (Å²) >= 11 is 0. The molecule has 96 valence electrons.